The monoisotopic (exact) mass is 564 g/mol. The van der Waals surface area contributed by atoms with Crippen LogP contribution in [0, 0.1) is 0 Å². The molecule has 42 heavy (non-hydrogen) atoms. The molecule has 0 aromatic heterocycles. The average Bonchev–Trinajstić information content (AvgIpc) is 3.09. The first-order valence-electron chi connectivity index (χ1n) is 15.7. The highest BCUT2D eigenvalue weighted by Crippen LogP contribution is 2.43. The zero-order valence-electron chi connectivity index (χ0n) is 25.2. The Hall–Kier alpha value is -3.09. The van der Waals surface area contributed by atoms with Crippen molar-refractivity contribution in [3.63, 3.8) is 0 Å². The molecule has 2 aromatic rings. The molecule has 2 aliphatic carbocycles. The van der Waals surface area contributed by atoms with E-state index >= 15 is 0 Å². The lowest BCUT2D eigenvalue weighted by Gasteiger charge is -2.45. The first-order valence-corrected chi connectivity index (χ1v) is 15.7. The highest BCUT2D eigenvalue weighted by Gasteiger charge is 2.42. The molecule has 4 aliphatic rings. The van der Waals surface area contributed by atoms with Crippen LogP contribution in [0.2, 0.25) is 0 Å². The highest BCUT2D eigenvalue weighted by atomic mass is 16.5. The van der Waals surface area contributed by atoms with Gasteiger partial charge in [-0.25, -0.2) is 0 Å². The molecule has 0 bridgehead atoms. The van der Waals surface area contributed by atoms with Gasteiger partial charge in [-0.1, -0.05) is 85.7 Å². The van der Waals surface area contributed by atoms with E-state index in [0.717, 1.165) is 59.6 Å². The van der Waals surface area contributed by atoms with Crippen molar-refractivity contribution in [2.75, 3.05) is 40.4 Å². The number of hydrogen-bond acceptors (Lipinski definition) is 5. The van der Waals surface area contributed by atoms with E-state index in [4.69, 9.17) is 9.47 Å². The number of benzene rings is 2. The third-order valence-corrected chi connectivity index (χ3v) is 9.75. The van der Waals surface area contributed by atoms with Crippen molar-refractivity contribution in [1.29, 1.82) is 0 Å². The van der Waals surface area contributed by atoms with Crippen molar-refractivity contribution >= 4 is 16.9 Å². The maximum absolute atomic E-state index is 14.7. The Kier molecular flexibility index (Phi) is 8.73. The van der Waals surface area contributed by atoms with Gasteiger partial charge in [-0.15, -0.1) is 0 Å². The van der Waals surface area contributed by atoms with Gasteiger partial charge in [-0.3, -0.25) is 14.6 Å². The van der Waals surface area contributed by atoms with Gasteiger partial charge in [0.05, 0.1) is 0 Å². The van der Waals surface area contributed by atoms with E-state index in [-0.39, 0.29) is 5.78 Å². The molecule has 0 saturated carbocycles. The summed E-state index contributed by atoms with van der Waals surface area (Å²) in [7, 11) is 3.61. The minimum absolute atomic E-state index is 0.0619. The molecular formula is C37H44N2O3. The van der Waals surface area contributed by atoms with Crippen molar-refractivity contribution in [2.24, 2.45) is 0 Å². The van der Waals surface area contributed by atoms with E-state index in [1.807, 2.05) is 24.3 Å². The van der Waals surface area contributed by atoms with Crippen LogP contribution in [0.1, 0.15) is 62.5 Å². The molecule has 0 amide bonds. The molecule has 220 valence electrons. The van der Waals surface area contributed by atoms with Gasteiger partial charge in [0.2, 0.25) is 0 Å². The van der Waals surface area contributed by atoms with Crippen LogP contribution in [0.4, 0.5) is 0 Å². The lowest BCUT2D eigenvalue weighted by molar-refractivity contribution is -0.113. The van der Waals surface area contributed by atoms with Crippen LogP contribution < -0.4 is 0 Å². The van der Waals surface area contributed by atoms with Gasteiger partial charge < -0.3 is 9.47 Å². The van der Waals surface area contributed by atoms with Gasteiger partial charge in [-0.2, -0.15) is 0 Å². The third kappa shape index (κ3) is 5.51. The number of allylic oxidation sites excluding steroid dienone is 4. The molecule has 2 atom stereocenters. The first-order chi connectivity index (χ1) is 20.6. The van der Waals surface area contributed by atoms with Crippen LogP contribution in [-0.2, 0) is 14.3 Å². The standard InChI is InChI=1S/C37H44N2O3/c1-41-36(38-23-11-5-12-24-38)21-19-31(33(27-36)29-15-7-3-8-16-29)35(40)32-20-22-37(42-2,39-25-13-6-14-26-39)28-34(32)30-17-9-4-10-18-30/h3-4,7-10,15-22H,5-6,11-14,23-28H2,1-2H3. The van der Waals surface area contributed by atoms with Gasteiger partial charge in [0.25, 0.3) is 0 Å². The Bertz CT molecular complexity index is 1280. The molecule has 2 unspecified atom stereocenters. The van der Waals surface area contributed by atoms with Crippen LogP contribution in [0.15, 0.2) is 96.1 Å². The molecule has 0 spiro atoms. The lowest BCUT2D eigenvalue weighted by atomic mass is 9.79. The normalized spacial score (nSPS) is 27.5. The minimum atomic E-state index is -0.548. The van der Waals surface area contributed by atoms with Crippen molar-refractivity contribution in [3.8, 4) is 0 Å². The van der Waals surface area contributed by atoms with E-state index in [1.165, 1.54) is 38.5 Å². The predicted octanol–water partition coefficient (Wildman–Crippen LogP) is 7.04. The molecule has 2 aliphatic heterocycles. The summed E-state index contributed by atoms with van der Waals surface area (Å²) in [5.41, 5.74) is 4.65. The number of likely N-dealkylation sites (tertiary alicyclic amines) is 2. The van der Waals surface area contributed by atoms with Gasteiger partial charge in [0.15, 0.2) is 5.78 Å². The number of Topliss-reactive ketones (excluding diaryl/α,β-unsaturated/α-hetero) is 1. The smallest absolute Gasteiger partial charge is 0.193 e. The molecule has 6 rings (SSSR count). The summed E-state index contributed by atoms with van der Waals surface area (Å²) in [5, 5.41) is 0. The van der Waals surface area contributed by atoms with Crippen LogP contribution in [0.3, 0.4) is 0 Å². The molecule has 2 fully saturated rings. The van der Waals surface area contributed by atoms with Crippen LogP contribution >= 0.6 is 0 Å². The number of carbonyl (C=O) groups is 1. The van der Waals surface area contributed by atoms with Gasteiger partial charge in [0.1, 0.15) is 11.4 Å². The Morgan fingerprint density at radius 2 is 0.976 bits per heavy atom. The largest absolute Gasteiger partial charge is 0.360 e. The van der Waals surface area contributed by atoms with Crippen molar-refractivity contribution in [3.05, 3.63) is 107 Å². The fourth-order valence-corrected chi connectivity index (χ4v) is 7.33. The number of nitrogens with zero attached hydrogens (tertiary/aromatic N) is 2. The molecule has 2 heterocycles. The molecule has 2 saturated heterocycles. The van der Waals surface area contributed by atoms with E-state index in [1.54, 1.807) is 14.2 Å². The van der Waals surface area contributed by atoms with Gasteiger partial charge in [-0.05, 0) is 60.1 Å². The lowest BCUT2D eigenvalue weighted by Crippen LogP contribution is -2.52. The summed E-state index contributed by atoms with van der Waals surface area (Å²) in [5.74, 6) is 0.0619. The molecule has 5 nitrogen and oxygen atoms in total. The fourth-order valence-electron chi connectivity index (χ4n) is 7.33. The van der Waals surface area contributed by atoms with E-state index < -0.39 is 11.4 Å². The quantitative estimate of drug-likeness (QED) is 0.344. The van der Waals surface area contributed by atoms with Crippen molar-refractivity contribution < 1.29 is 14.3 Å². The summed E-state index contributed by atoms with van der Waals surface area (Å²) in [6, 6.07) is 20.8. The van der Waals surface area contributed by atoms with Crippen LogP contribution in [0.5, 0.6) is 0 Å². The average molecular weight is 565 g/mol. The number of ether oxygens (including phenoxy) is 2. The molecule has 0 N–H and O–H groups in total. The van der Waals surface area contributed by atoms with Gasteiger partial charge >= 0.3 is 0 Å². The third-order valence-electron chi connectivity index (χ3n) is 9.75. The maximum atomic E-state index is 14.7. The number of carbonyl (C=O) groups excluding carboxylic acids is 1. The van der Waals surface area contributed by atoms with Crippen LogP contribution in [0.25, 0.3) is 11.1 Å². The summed E-state index contributed by atoms with van der Waals surface area (Å²) in [6.07, 6.45) is 16.8. The Labute approximate surface area is 251 Å². The second-order valence-corrected chi connectivity index (χ2v) is 12.1. The maximum Gasteiger partial charge on any atom is 0.193 e. The molecular weight excluding hydrogens is 520 g/mol. The molecule has 2 aromatic carbocycles. The fraction of sp³-hybridized carbons (Fsp3) is 0.432. The minimum Gasteiger partial charge on any atom is -0.360 e. The number of piperidine rings is 2. The van der Waals surface area contributed by atoms with Crippen molar-refractivity contribution in [1.82, 2.24) is 9.80 Å². The zero-order valence-corrected chi connectivity index (χ0v) is 25.2. The Balaban J connectivity index is 1.44. The number of hydrogen-bond donors (Lipinski definition) is 0. The Morgan fingerprint density at radius 1 is 0.595 bits per heavy atom. The summed E-state index contributed by atoms with van der Waals surface area (Å²) < 4.78 is 12.6. The summed E-state index contributed by atoms with van der Waals surface area (Å²) in [6.45, 7) is 4.02. The van der Waals surface area contributed by atoms with Crippen LogP contribution in [-0.4, -0.2) is 67.4 Å². The summed E-state index contributed by atoms with van der Waals surface area (Å²) >= 11 is 0. The SMILES string of the molecule is COC1(N2CCCCC2)C=CC(C(=O)C2=C(c3ccccc3)CC(OC)(N3CCCCC3)C=C2)=C(c2ccccc2)C1. The van der Waals surface area contributed by atoms with Crippen molar-refractivity contribution in [2.45, 2.75) is 62.8 Å². The number of methoxy groups -OCH3 is 2. The molecule has 5 heteroatoms. The second-order valence-electron chi connectivity index (χ2n) is 12.1. The molecule has 0 radical (unpaired) electrons. The van der Waals surface area contributed by atoms with E-state index in [9.17, 15) is 4.79 Å². The topological polar surface area (TPSA) is 42.0 Å². The van der Waals surface area contributed by atoms with Gasteiger partial charge in [0, 0.05) is 64.4 Å². The van der Waals surface area contributed by atoms with E-state index in [2.05, 4.69) is 70.5 Å². The number of ketones is 1. The predicted molar refractivity (Wildman–Crippen MR) is 170 cm³/mol. The van der Waals surface area contributed by atoms with E-state index in [0.29, 0.717) is 12.8 Å². The zero-order chi connectivity index (χ0) is 29.0. The second kappa shape index (κ2) is 12.6. The number of rotatable bonds is 8. The first kappa shape index (κ1) is 29.0. The Morgan fingerprint density at radius 3 is 1.33 bits per heavy atom. The highest BCUT2D eigenvalue weighted by molar-refractivity contribution is 6.20. The summed E-state index contributed by atoms with van der Waals surface area (Å²) in [4.78, 5) is 19.7.